The fourth-order valence-corrected chi connectivity index (χ4v) is 5.88. The minimum atomic E-state index is -3.09. The second-order valence-corrected chi connectivity index (χ2v) is 10.4. The lowest BCUT2D eigenvalue weighted by molar-refractivity contribution is -0.124. The number of H-pyrrole nitrogens is 1. The number of carbonyl (C=O) groups is 1. The maximum atomic E-state index is 12.7. The van der Waals surface area contributed by atoms with Crippen LogP contribution < -0.4 is 10.2 Å². The standard InChI is InChI=1S/C23H27N3O3S/c1-26(2)18-9-7-16(8-10-18)20(21-14-24-22-6-4-3-5-19(21)22)13-25-23(27)17-11-12-30(28,29)15-17/h3-10,14,17,20,24H,11-13,15H2,1-2H3,(H,25,27)/t17-,20+/m1/s1. The van der Waals surface area contributed by atoms with E-state index in [9.17, 15) is 13.2 Å². The summed E-state index contributed by atoms with van der Waals surface area (Å²) in [5.41, 5.74) is 4.37. The fourth-order valence-electron chi connectivity index (χ4n) is 4.14. The Bertz CT molecular complexity index is 1150. The van der Waals surface area contributed by atoms with Gasteiger partial charge in [0, 0.05) is 49.3 Å². The average Bonchev–Trinajstić information content (AvgIpc) is 3.32. The van der Waals surface area contributed by atoms with Gasteiger partial charge in [0.05, 0.1) is 17.4 Å². The molecule has 4 rings (SSSR count). The van der Waals surface area contributed by atoms with Crippen LogP contribution in [0.5, 0.6) is 0 Å². The highest BCUT2D eigenvalue weighted by Crippen LogP contribution is 2.31. The molecule has 6 nitrogen and oxygen atoms in total. The third-order valence-electron chi connectivity index (χ3n) is 5.89. The summed E-state index contributed by atoms with van der Waals surface area (Å²) in [6, 6.07) is 16.4. The van der Waals surface area contributed by atoms with Crippen molar-refractivity contribution in [2.75, 3.05) is 37.0 Å². The Morgan fingerprint density at radius 1 is 1.17 bits per heavy atom. The minimum absolute atomic E-state index is 0.0423. The monoisotopic (exact) mass is 425 g/mol. The molecule has 2 aromatic carbocycles. The van der Waals surface area contributed by atoms with Crippen LogP contribution in [0.25, 0.3) is 10.9 Å². The fraction of sp³-hybridized carbons (Fsp3) is 0.348. The molecule has 30 heavy (non-hydrogen) atoms. The average molecular weight is 426 g/mol. The number of benzene rings is 2. The number of fused-ring (bicyclic) bond motifs is 1. The van der Waals surface area contributed by atoms with Crippen molar-refractivity contribution in [2.45, 2.75) is 12.3 Å². The SMILES string of the molecule is CN(C)c1ccc([C@H](CNC(=O)[C@@H]2CCS(=O)(=O)C2)c2c[nH]c3ccccc23)cc1. The molecular weight excluding hydrogens is 398 g/mol. The first-order valence-corrected chi connectivity index (χ1v) is 12.0. The summed E-state index contributed by atoms with van der Waals surface area (Å²) < 4.78 is 23.5. The lowest BCUT2D eigenvalue weighted by Gasteiger charge is -2.21. The van der Waals surface area contributed by atoms with E-state index in [-0.39, 0.29) is 23.3 Å². The molecule has 2 heterocycles. The van der Waals surface area contributed by atoms with Crippen LogP contribution in [0.3, 0.4) is 0 Å². The second-order valence-electron chi connectivity index (χ2n) is 8.17. The third kappa shape index (κ3) is 4.21. The number of para-hydroxylation sites is 1. The van der Waals surface area contributed by atoms with Gasteiger partial charge in [-0.1, -0.05) is 30.3 Å². The molecule has 0 spiro atoms. The number of hydrogen-bond donors (Lipinski definition) is 2. The number of nitrogens with one attached hydrogen (secondary N) is 2. The van der Waals surface area contributed by atoms with Gasteiger partial charge < -0.3 is 15.2 Å². The molecule has 1 fully saturated rings. The zero-order chi connectivity index (χ0) is 21.3. The zero-order valence-electron chi connectivity index (χ0n) is 17.3. The molecule has 0 radical (unpaired) electrons. The van der Waals surface area contributed by atoms with Crippen LogP contribution in [-0.4, -0.2) is 51.5 Å². The molecule has 1 aromatic heterocycles. The lowest BCUT2D eigenvalue weighted by Crippen LogP contribution is -2.34. The minimum Gasteiger partial charge on any atom is -0.378 e. The molecule has 2 N–H and O–H groups in total. The number of amides is 1. The molecule has 1 saturated heterocycles. The number of carbonyl (C=O) groups excluding carboxylic acids is 1. The summed E-state index contributed by atoms with van der Waals surface area (Å²) in [6.07, 6.45) is 2.41. The summed E-state index contributed by atoms with van der Waals surface area (Å²) in [6.45, 7) is 0.415. The Labute approximate surface area is 177 Å². The molecular formula is C23H27N3O3S. The molecule has 0 bridgehead atoms. The Kier molecular flexibility index (Phi) is 5.56. The van der Waals surface area contributed by atoms with E-state index in [0.29, 0.717) is 13.0 Å². The Morgan fingerprint density at radius 2 is 1.90 bits per heavy atom. The summed E-state index contributed by atoms with van der Waals surface area (Å²) in [5, 5.41) is 4.15. The van der Waals surface area contributed by atoms with Gasteiger partial charge in [-0.05, 0) is 35.7 Å². The van der Waals surface area contributed by atoms with Crippen LogP contribution in [0.2, 0.25) is 0 Å². The van der Waals surface area contributed by atoms with Crippen LogP contribution in [-0.2, 0) is 14.6 Å². The number of sulfone groups is 1. The van der Waals surface area contributed by atoms with Crippen LogP contribution in [0.4, 0.5) is 5.69 Å². The number of aromatic nitrogens is 1. The summed E-state index contributed by atoms with van der Waals surface area (Å²) in [5.74, 6) is -0.614. The Balaban J connectivity index is 1.61. The number of nitrogens with zero attached hydrogens (tertiary/aromatic N) is 1. The number of aromatic amines is 1. The van der Waals surface area contributed by atoms with Gasteiger partial charge in [0.2, 0.25) is 5.91 Å². The third-order valence-corrected chi connectivity index (χ3v) is 7.66. The number of hydrogen-bond acceptors (Lipinski definition) is 4. The van der Waals surface area contributed by atoms with Crippen LogP contribution >= 0.6 is 0 Å². The van der Waals surface area contributed by atoms with E-state index in [1.54, 1.807) is 0 Å². The van der Waals surface area contributed by atoms with Crippen molar-refractivity contribution in [3.63, 3.8) is 0 Å². The zero-order valence-corrected chi connectivity index (χ0v) is 18.1. The van der Waals surface area contributed by atoms with Crippen molar-refractivity contribution in [3.05, 3.63) is 65.9 Å². The summed E-state index contributed by atoms with van der Waals surface area (Å²) >= 11 is 0. The maximum absolute atomic E-state index is 12.7. The van der Waals surface area contributed by atoms with Gasteiger partial charge in [0.15, 0.2) is 9.84 Å². The molecule has 0 aliphatic carbocycles. The van der Waals surface area contributed by atoms with Crippen molar-refractivity contribution in [1.29, 1.82) is 0 Å². The van der Waals surface area contributed by atoms with Gasteiger partial charge in [-0.15, -0.1) is 0 Å². The van der Waals surface area contributed by atoms with Crippen LogP contribution in [0.1, 0.15) is 23.5 Å². The molecule has 2 atom stereocenters. The quantitative estimate of drug-likeness (QED) is 0.636. The largest absolute Gasteiger partial charge is 0.378 e. The van der Waals surface area contributed by atoms with Crippen LogP contribution in [0.15, 0.2) is 54.7 Å². The van der Waals surface area contributed by atoms with E-state index in [2.05, 4.69) is 40.6 Å². The Morgan fingerprint density at radius 3 is 2.57 bits per heavy atom. The molecule has 0 saturated carbocycles. The number of rotatable bonds is 6. The van der Waals surface area contributed by atoms with Crippen molar-refractivity contribution in [3.8, 4) is 0 Å². The van der Waals surface area contributed by atoms with Gasteiger partial charge in [0.1, 0.15) is 0 Å². The van der Waals surface area contributed by atoms with Gasteiger partial charge in [-0.3, -0.25) is 4.79 Å². The molecule has 0 unspecified atom stereocenters. The highest BCUT2D eigenvalue weighted by Gasteiger charge is 2.33. The number of anilines is 1. The first-order valence-electron chi connectivity index (χ1n) is 10.2. The van der Waals surface area contributed by atoms with Crippen molar-refractivity contribution in [1.82, 2.24) is 10.3 Å². The first kappa shape index (κ1) is 20.5. The maximum Gasteiger partial charge on any atom is 0.224 e. The molecule has 1 aliphatic heterocycles. The van der Waals surface area contributed by atoms with Gasteiger partial charge in [-0.2, -0.15) is 0 Å². The van der Waals surface area contributed by atoms with E-state index in [1.165, 1.54) is 0 Å². The van der Waals surface area contributed by atoms with E-state index in [1.807, 2.05) is 43.4 Å². The Hall–Kier alpha value is -2.80. The van der Waals surface area contributed by atoms with Crippen molar-refractivity contribution >= 4 is 32.3 Å². The van der Waals surface area contributed by atoms with Crippen molar-refractivity contribution in [2.24, 2.45) is 5.92 Å². The second kappa shape index (κ2) is 8.14. The highest BCUT2D eigenvalue weighted by molar-refractivity contribution is 7.91. The van der Waals surface area contributed by atoms with E-state index >= 15 is 0 Å². The molecule has 7 heteroatoms. The smallest absolute Gasteiger partial charge is 0.224 e. The lowest BCUT2D eigenvalue weighted by atomic mass is 9.90. The van der Waals surface area contributed by atoms with Gasteiger partial charge in [-0.25, -0.2) is 8.42 Å². The first-order chi connectivity index (χ1) is 14.3. The molecule has 1 aliphatic rings. The van der Waals surface area contributed by atoms with Crippen molar-refractivity contribution < 1.29 is 13.2 Å². The van der Waals surface area contributed by atoms with E-state index in [4.69, 9.17) is 0 Å². The van der Waals surface area contributed by atoms with E-state index < -0.39 is 15.8 Å². The molecule has 158 valence electrons. The molecule has 3 aromatic rings. The van der Waals surface area contributed by atoms with E-state index in [0.717, 1.165) is 27.7 Å². The predicted molar refractivity (Wildman–Crippen MR) is 121 cm³/mol. The highest BCUT2D eigenvalue weighted by atomic mass is 32.2. The summed E-state index contributed by atoms with van der Waals surface area (Å²) in [7, 11) is 0.917. The van der Waals surface area contributed by atoms with Gasteiger partial charge >= 0.3 is 0 Å². The topological polar surface area (TPSA) is 82.3 Å². The normalized spacial score (nSPS) is 18.9. The predicted octanol–water partition coefficient (Wildman–Crippen LogP) is 2.92. The van der Waals surface area contributed by atoms with Gasteiger partial charge in [0.25, 0.3) is 0 Å². The summed E-state index contributed by atoms with van der Waals surface area (Å²) in [4.78, 5) is 18.0. The molecule has 1 amide bonds. The van der Waals surface area contributed by atoms with Crippen LogP contribution in [0, 0.1) is 5.92 Å².